The molecular formula is C10H4F2N2O4S. The zero-order valence-corrected chi connectivity index (χ0v) is 9.78. The molecule has 19 heavy (non-hydrogen) atoms. The Morgan fingerprint density at radius 2 is 2.11 bits per heavy atom. The van der Waals surface area contributed by atoms with Crippen LogP contribution in [0.2, 0.25) is 0 Å². The standard InChI is InChI=1S/C10H4F2N2O4S/c11-10(12)17-5-3-1-2-4(8(5)18-10)6-7(9(15)16)14-19-13-6/h1-3H,(H,15,16). The quantitative estimate of drug-likeness (QED) is 0.911. The number of nitrogens with zero attached hydrogens (tertiary/aromatic N) is 2. The molecule has 98 valence electrons. The fraction of sp³-hybridized carbons (Fsp3) is 0.100. The number of benzene rings is 1. The van der Waals surface area contributed by atoms with Crippen LogP contribution in [0.15, 0.2) is 18.2 Å². The summed E-state index contributed by atoms with van der Waals surface area (Å²) in [5.41, 5.74) is -0.256. The van der Waals surface area contributed by atoms with Crippen LogP contribution in [0.1, 0.15) is 10.5 Å². The van der Waals surface area contributed by atoms with E-state index in [9.17, 15) is 13.6 Å². The number of para-hydroxylation sites is 1. The number of halogens is 2. The van der Waals surface area contributed by atoms with Crippen molar-refractivity contribution in [2.24, 2.45) is 0 Å². The monoisotopic (exact) mass is 286 g/mol. The highest BCUT2D eigenvalue weighted by Crippen LogP contribution is 2.47. The van der Waals surface area contributed by atoms with Gasteiger partial charge in [-0.15, -0.1) is 8.78 Å². The van der Waals surface area contributed by atoms with Crippen LogP contribution in [0, 0.1) is 0 Å². The highest BCUT2D eigenvalue weighted by molar-refractivity contribution is 6.99. The van der Waals surface area contributed by atoms with Crippen LogP contribution in [0.5, 0.6) is 11.5 Å². The van der Waals surface area contributed by atoms with Crippen LogP contribution < -0.4 is 9.47 Å². The number of carbonyl (C=O) groups is 1. The van der Waals surface area contributed by atoms with Crippen molar-refractivity contribution in [3.8, 4) is 22.8 Å². The summed E-state index contributed by atoms with van der Waals surface area (Å²) in [4.78, 5) is 11.0. The summed E-state index contributed by atoms with van der Waals surface area (Å²) in [6, 6.07) is 4.14. The molecule has 3 rings (SSSR count). The molecule has 1 aromatic heterocycles. The van der Waals surface area contributed by atoms with E-state index in [0.717, 1.165) is 0 Å². The topological polar surface area (TPSA) is 81.5 Å². The van der Waals surface area contributed by atoms with E-state index in [1.165, 1.54) is 18.2 Å². The molecule has 0 spiro atoms. The maximum atomic E-state index is 13.0. The maximum Gasteiger partial charge on any atom is 0.586 e. The van der Waals surface area contributed by atoms with Crippen LogP contribution >= 0.6 is 11.7 Å². The van der Waals surface area contributed by atoms with E-state index in [4.69, 9.17) is 5.11 Å². The average molecular weight is 286 g/mol. The van der Waals surface area contributed by atoms with Crippen molar-refractivity contribution < 1.29 is 28.2 Å². The van der Waals surface area contributed by atoms with Gasteiger partial charge in [0.2, 0.25) is 0 Å². The second-order valence-corrected chi connectivity index (χ2v) is 4.10. The molecule has 0 atom stereocenters. The van der Waals surface area contributed by atoms with Gasteiger partial charge in [0.15, 0.2) is 17.2 Å². The van der Waals surface area contributed by atoms with Crippen LogP contribution in [0.4, 0.5) is 8.78 Å². The highest BCUT2D eigenvalue weighted by atomic mass is 32.1. The van der Waals surface area contributed by atoms with Crippen LogP contribution in [-0.4, -0.2) is 26.1 Å². The molecule has 1 aliphatic heterocycles. The van der Waals surface area contributed by atoms with Crippen molar-refractivity contribution in [3.05, 3.63) is 23.9 Å². The molecule has 1 aromatic carbocycles. The Morgan fingerprint density at radius 3 is 2.84 bits per heavy atom. The Balaban J connectivity index is 2.16. The molecule has 2 aromatic rings. The number of fused-ring (bicyclic) bond motifs is 1. The van der Waals surface area contributed by atoms with E-state index < -0.39 is 12.3 Å². The van der Waals surface area contributed by atoms with E-state index in [1.807, 2.05) is 0 Å². The van der Waals surface area contributed by atoms with Gasteiger partial charge in [-0.2, -0.15) is 8.75 Å². The third-order valence-electron chi connectivity index (χ3n) is 2.37. The minimum Gasteiger partial charge on any atom is -0.476 e. The molecule has 0 saturated carbocycles. The Labute approximate surface area is 108 Å². The van der Waals surface area contributed by atoms with Crippen LogP contribution in [0.25, 0.3) is 11.3 Å². The normalized spacial score (nSPS) is 15.5. The van der Waals surface area contributed by atoms with E-state index in [0.29, 0.717) is 11.7 Å². The van der Waals surface area contributed by atoms with Gasteiger partial charge in [-0.3, -0.25) is 0 Å². The molecule has 0 radical (unpaired) electrons. The van der Waals surface area contributed by atoms with Crippen molar-refractivity contribution in [2.45, 2.75) is 6.29 Å². The molecule has 0 saturated heterocycles. The van der Waals surface area contributed by atoms with Crippen molar-refractivity contribution in [2.75, 3.05) is 0 Å². The van der Waals surface area contributed by atoms with Crippen LogP contribution in [-0.2, 0) is 0 Å². The van der Waals surface area contributed by atoms with Crippen molar-refractivity contribution >= 4 is 17.7 Å². The fourth-order valence-corrected chi connectivity index (χ4v) is 2.21. The first-order valence-electron chi connectivity index (χ1n) is 4.93. The third kappa shape index (κ3) is 1.87. The summed E-state index contributed by atoms with van der Waals surface area (Å²) >= 11 is 0.670. The highest BCUT2D eigenvalue weighted by Gasteiger charge is 2.45. The van der Waals surface area contributed by atoms with Crippen molar-refractivity contribution in [1.82, 2.24) is 8.75 Å². The molecule has 0 bridgehead atoms. The van der Waals surface area contributed by atoms with Gasteiger partial charge in [-0.1, -0.05) is 6.07 Å². The molecule has 0 aliphatic carbocycles. The summed E-state index contributed by atoms with van der Waals surface area (Å²) < 4.78 is 42.1. The largest absolute Gasteiger partial charge is 0.586 e. The Morgan fingerprint density at radius 1 is 1.32 bits per heavy atom. The second-order valence-electron chi connectivity index (χ2n) is 3.57. The van der Waals surface area contributed by atoms with Gasteiger partial charge in [0.1, 0.15) is 5.69 Å². The Bertz CT molecular complexity index is 673. The van der Waals surface area contributed by atoms with Gasteiger partial charge < -0.3 is 14.6 Å². The summed E-state index contributed by atoms with van der Waals surface area (Å²) in [6.07, 6.45) is -3.77. The lowest BCUT2D eigenvalue weighted by Crippen LogP contribution is -2.26. The zero-order valence-electron chi connectivity index (χ0n) is 8.96. The molecular weight excluding hydrogens is 282 g/mol. The zero-order chi connectivity index (χ0) is 13.6. The van der Waals surface area contributed by atoms with Crippen LogP contribution in [0.3, 0.4) is 0 Å². The summed E-state index contributed by atoms with van der Waals surface area (Å²) in [5.74, 6) is -1.72. The van der Waals surface area contributed by atoms with Gasteiger partial charge in [0.05, 0.1) is 17.3 Å². The first-order chi connectivity index (χ1) is 8.98. The smallest absolute Gasteiger partial charge is 0.476 e. The fourth-order valence-electron chi connectivity index (χ4n) is 1.66. The minimum absolute atomic E-state index is 0.0318. The SMILES string of the molecule is O=C(O)c1nsnc1-c1cccc2c1OC(F)(F)O2. The lowest BCUT2D eigenvalue weighted by molar-refractivity contribution is -0.286. The van der Waals surface area contributed by atoms with Gasteiger partial charge >= 0.3 is 12.3 Å². The van der Waals surface area contributed by atoms with Gasteiger partial charge in [0.25, 0.3) is 0 Å². The summed E-state index contributed by atoms with van der Waals surface area (Å²) in [7, 11) is 0. The minimum atomic E-state index is -3.77. The molecule has 9 heteroatoms. The van der Waals surface area contributed by atoms with E-state index in [1.54, 1.807) is 0 Å². The van der Waals surface area contributed by atoms with E-state index in [-0.39, 0.29) is 28.5 Å². The molecule has 6 nitrogen and oxygen atoms in total. The van der Waals surface area contributed by atoms with Gasteiger partial charge in [-0.05, 0) is 12.1 Å². The molecule has 1 N–H and O–H groups in total. The van der Waals surface area contributed by atoms with Gasteiger partial charge in [-0.25, -0.2) is 4.79 Å². The number of aromatic nitrogens is 2. The molecule has 2 heterocycles. The number of hydrogen-bond donors (Lipinski definition) is 1. The van der Waals surface area contributed by atoms with E-state index in [2.05, 4.69) is 18.2 Å². The lowest BCUT2D eigenvalue weighted by Gasteiger charge is -2.05. The molecule has 1 aliphatic rings. The van der Waals surface area contributed by atoms with E-state index >= 15 is 0 Å². The number of carboxylic acid groups (broad SMARTS) is 1. The molecule has 0 unspecified atom stereocenters. The average Bonchev–Trinajstić information content (AvgIpc) is 2.89. The third-order valence-corrected chi connectivity index (χ3v) is 2.90. The number of alkyl halides is 2. The predicted molar refractivity (Wildman–Crippen MR) is 58.5 cm³/mol. The number of ether oxygens (including phenoxy) is 2. The molecule has 0 fully saturated rings. The second kappa shape index (κ2) is 3.85. The first-order valence-corrected chi connectivity index (χ1v) is 5.66. The number of carboxylic acids is 1. The van der Waals surface area contributed by atoms with Gasteiger partial charge in [0, 0.05) is 0 Å². The van der Waals surface area contributed by atoms with Crippen molar-refractivity contribution in [1.29, 1.82) is 0 Å². The number of aromatic carboxylic acids is 1. The predicted octanol–water partition coefficient (Wildman–Crippen LogP) is 2.22. The summed E-state index contributed by atoms with van der Waals surface area (Å²) in [6.45, 7) is 0. The number of rotatable bonds is 2. The maximum absolute atomic E-state index is 13.0. The summed E-state index contributed by atoms with van der Waals surface area (Å²) in [5, 5.41) is 8.95. The lowest BCUT2D eigenvalue weighted by atomic mass is 10.1. The first kappa shape index (κ1) is 11.8. The molecule has 0 amide bonds. The Hall–Kier alpha value is -2.29. The number of hydrogen-bond acceptors (Lipinski definition) is 6. The van der Waals surface area contributed by atoms with Crippen molar-refractivity contribution in [3.63, 3.8) is 0 Å². The Kier molecular flexibility index (Phi) is 2.39.